The number of benzene rings is 1. The zero-order valence-corrected chi connectivity index (χ0v) is 14.1. The number of thiazole rings is 1. The molecule has 0 atom stereocenters. The summed E-state index contributed by atoms with van der Waals surface area (Å²) >= 11 is 1.37. The van der Waals surface area contributed by atoms with Gasteiger partial charge in [0.15, 0.2) is 5.13 Å². The van der Waals surface area contributed by atoms with E-state index in [9.17, 15) is 13.6 Å². The molecule has 0 saturated carbocycles. The van der Waals surface area contributed by atoms with Gasteiger partial charge in [0.05, 0.1) is 5.69 Å². The maximum Gasteiger partial charge on any atom is 0.387 e. The summed E-state index contributed by atoms with van der Waals surface area (Å²) in [6, 6.07) is 6.26. The first-order chi connectivity index (χ1) is 10.7. The largest absolute Gasteiger partial charge is 0.435 e. The predicted octanol–water partition coefficient (Wildman–Crippen LogP) is 4.70. The number of ether oxygens (including phenoxy) is 1. The van der Waals surface area contributed by atoms with Gasteiger partial charge in [0, 0.05) is 15.9 Å². The minimum atomic E-state index is -2.85. The number of halogens is 2. The normalized spacial score (nSPS) is 11.6. The summed E-state index contributed by atoms with van der Waals surface area (Å²) in [4.78, 5) is 17.4. The number of aryl methyl sites for hydroxylation is 1. The average Bonchev–Trinajstić information content (AvgIpc) is 2.78. The Kier molecular flexibility index (Phi) is 4.99. The van der Waals surface area contributed by atoms with E-state index in [1.165, 1.54) is 23.5 Å². The third-order valence-corrected chi connectivity index (χ3v) is 3.94. The Morgan fingerprint density at radius 3 is 2.39 bits per heavy atom. The summed E-state index contributed by atoms with van der Waals surface area (Å²) in [5.41, 5.74) is 0.980. The third kappa shape index (κ3) is 4.48. The Balaban J connectivity index is 2.19. The fourth-order valence-corrected chi connectivity index (χ4v) is 2.63. The van der Waals surface area contributed by atoms with Crippen LogP contribution in [-0.2, 0) is 4.79 Å². The van der Waals surface area contributed by atoms with Crippen LogP contribution in [0.25, 0.3) is 11.3 Å². The fourth-order valence-electron chi connectivity index (χ4n) is 1.80. The van der Waals surface area contributed by atoms with E-state index in [1.807, 2.05) is 27.7 Å². The van der Waals surface area contributed by atoms with Crippen molar-refractivity contribution in [2.75, 3.05) is 5.32 Å². The monoisotopic (exact) mass is 340 g/mol. The van der Waals surface area contributed by atoms with Crippen molar-refractivity contribution in [2.24, 2.45) is 5.41 Å². The summed E-state index contributed by atoms with van der Waals surface area (Å²) in [5.74, 6) is -0.0172. The van der Waals surface area contributed by atoms with Gasteiger partial charge in [-0.15, -0.1) is 11.3 Å². The number of hydrogen-bond donors (Lipinski definition) is 1. The SMILES string of the molecule is Cc1sc(NC(=O)C(C)(C)C)nc1-c1ccc(OC(F)F)cc1. The zero-order chi connectivity index (χ0) is 17.2. The van der Waals surface area contributed by atoms with Crippen LogP contribution in [0.15, 0.2) is 24.3 Å². The Hall–Kier alpha value is -2.02. The minimum Gasteiger partial charge on any atom is -0.435 e. The van der Waals surface area contributed by atoms with Gasteiger partial charge in [-0.25, -0.2) is 4.98 Å². The number of rotatable bonds is 4. The van der Waals surface area contributed by atoms with Crippen molar-refractivity contribution in [3.63, 3.8) is 0 Å². The van der Waals surface area contributed by atoms with Gasteiger partial charge < -0.3 is 10.1 Å². The van der Waals surface area contributed by atoms with Crippen LogP contribution < -0.4 is 10.1 Å². The molecule has 1 amide bonds. The zero-order valence-electron chi connectivity index (χ0n) is 13.3. The Morgan fingerprint density at radius 1 is 1.26 bits per heavy atom. The molecule has 124 valence electrons. The number of carbonyl (C=O) groups excluding carboxylic acids is 1. The van der Waals surface area contributed by atoms with E-state index >= 15 is 0 Å². The maximum absolute atomic E-state index is 12.2. The fraction of sp³-hybridized carbons (Fsp3) is 0.375. The molecule has 2 aromatic rings. The van der Waals surface area contributed by atoms with Crippen molar-refractivity contribution >= 4 is 22.4 Å². The van der Waals surface area contributed by atoms with Crippen molar-refractivity contribution in [2.45, 2.75) is 34.3 Å². The van der Waals surface area contributed by atoms with Crippen LogP contribution in [0, 0.1) is 12.3 Å². The van der Waals surface area contributed by atoms with E-state index in [1.54, 1.807) is 12.1 Å². The lowest BCUT2D eigenvalue weighted by Crippen LogP contribution is -2.27. The second-order valence-electron chi connectivity index (χ2n) is 6.03. The molecule has 0 aliphatic carbocycles. The predicted molar refractivity (Wildman–Crippen MR) is 87.0 cm³/mol. The molecule has 0 bridgehead atoms. The van der Waals surface area contributed by atoms with E-state index in [0.29, 0.717) is 10.8 Å². The van der Waals surface area contributed by atoms with Crippen LogP contribution >= 0.6 is 11.3 Å². The van der Waals surface area contributed by atoms with Gasteiger partial charge in [-0.3, -0.25) is 4.79 Å². The summed E-state index contributed by atoms with van der Waals surface area (Å²) in [6.45, 7) is 4.52. The number of carbonyl (C=O) groups is 1. The number of nitrogens with one attached hydrogen (secondary N) is 1. The summed E-state index contributed by atoms with van der Waals surface area (Å²) in [5, 5.41) is 3.31. The molecule has 1 heterocycles. The molecule has 23 heavy (non-hydrogen) atoms. The molecule has 7 heteroatoms. The maximum atomic E-state index is 12.2. The third-order valence-electron chi connectivity index (χ3n) is 3.05. The Morgan fingerprint density at radius 2 is 1.87 bits per heavy atom. The van der Waals surface area contributed by atoms with Gasteiger partial charge in [-0.05, 0) is 31.2 Å². The summed E-state index contributed by atoms with van der Waals surface area (Å²) < 4.78 is 28.6. The quantitative estimate of drug-likeness (QED) is 0.877. The number of amides is 1. The molecular formula is C16H18F2N2O2S. The van der Waals surface area contributed by atoms with Crippen molar-refractivity contribution in [3.05, 3.63) is 29.1 Å². The lowest BCUT2D eigenvalue weighted by molar-refractivity contribution is -0.123. The van der Waals surface area contributed by atoms with Gasteiger partial charge in [0.25, 0.3) is 0 Å². The smallest absolute Gasteiger partial charge is 0.387 e. The highest BCUT2D eigenvalue weighted by Crippen LogP contribution is 2.32. The van der Waals surface area contributed by atoms with Crippen molar-refractivity contribution in [1.29, 1.82) is 0 Å². The van der Waals surface area contributed by atoms with E-state index < -0.39 is 12.0 Å². The molecule has 4 nitrogen and oxygen atoms in total. The first kappa shape index (κ1) is 17.3. The van der Waals surface area contributed by atoms with Gasteiger partial charge in [-0.2, -0.15) is 8.78 Å². The van der Waals surface area contributed by atoms with E-state index in [0.717, 1.165) is 10.4 Å². The summed E-state index contributed by atoms with van der Waals surface area (Å²) in [6.07, 6.45) is 0. The molecule has 2 rings (SSSR count). The first-order valence-electron chi connectivity index (χ1n) is 7.01. The highest BCUT2D eigenvalue weighted by atomic mass is 32.1. The first-order valence-corrected chi connectivity index (χ1v) is 7.82. The van der Waals surface area contributed by atoms with Crippen molar-refractivity contribution in [1.82, 2.24) is 4.98 Å². The van der Waals surface area contributed by atoms with Crippen LogP contribution in [0.5, 0.6) is 5.75 Å². The van der Waals surface area contributed by atoms with Gasteiger partial charge in [-0.1, -0.05) is 20.8 Å². The van der Waals surface area contributed by atoms with E-state index in [4.69, 9.17) is 0 Å². The molecule has 0 radical (unpaired) electrons. The average molecular weight is 340 g/mol. The molecule has 0 saturated heterocycles. The number of alkyl halides is 2. The molecule has 0 spiro atoms. The van der Waals surface area contributed by atoms with Gasteiger partial charge >= 0.3 is 6.61 Å². The highest BCUT2D eigenvalue weighted by molar-refractivity contribution is 7.16. The number of anilines is 1. The van der Waals surface area contributed by atoms with Crippen LogP contribution in [0.2, 0.25) is 0 Å². The van der Waals surface area contributed by atoms with Crippen LogP contribution in [0.1, 0.15) is 25.6 Å². The van der Waals surface area contributed by atoms with E-state index in [2.05, 4.69) is 15.0 Å². The van der Waals surface area contributed by atoms with Gasteiger partial charge in [0.1, 0.15) is 5.75 Å². The molecule has 0 unspecified atom stereocenters. The second kappa shape index (κ2) is 6.62. The molecular weight excluding hydrogens is 322 g/mol. The van der Waals surface area contributed by atoms with Gasteiger partial charge in [0.2, 0.25) is 5.91 Å². The highest BCUT2D eigenvalue weighted by Gasteiger charge is 2.23. The molecule has 1 N–H and O–H groups in total. The summed E-state index contributed by atoms with van der Waals surface area (Å²) in [7, 11) is 0. The van der Waals surface area contributed by atoms with Crippen LogP contribution in [0.3, 0.4) is 0 Å². The topological polar surface area (TPSA) is 51.2 Å². The molecule has 1 aromatic carbocycles. The van der Waals surface area contributed by atoms with Crippen molar-refractivity contribution in [3.8, 4) is 17.0 Å². The molecule has 1 aromatic heterocycles. The molecule has 0 aliphatic heterocycles. The number of aromatic nitrogens is 1. The van der Waals surface area contributed by atoms with Crippen LogP contribution in [-0.4, -0.2) is 17.5 Å². The Bertz CT molecular complexity index is 691. The molecule has 0 aliphatic rings. The Labute approximate surface area is 137 Å². The minimum absolute atomic E-state index is 0.0953. The van der Waals surface area contributed by atoms with Crippen molar-refractivity contribution < 1.29 is 18.3 Å². The number of hydrogen-bond acceptors (Lipinski definition) is 4. The lowest BCUT2D eigenvalue weighted by Gasteiger charge is -2.15. The second-order valence-corrected chi connectivity index (χ2v) is 7.23. The standard InChI is InChI=1S/C16H18F2N2O2S/c1-9-12(10-5-7-11(8-6-10)22-14(17)18)19-15(23-9)20-13(21)16(2,3)4/h5-8,14H,1-4H3,(H,19,20,21). The lowest BCUT2D eigenvalue weighted by atomic mass is 9.96. The van der Waals surface area contributed by atoms with Crippen LogP contribution in [0.4, 0.5) is 13.9 Å². The number of nitrogens with zero attached hydrogens (tertiary/aromatic N) is 1. The van der Waals surface area contributed by atoms with E-state index in [-0.39, 0.29) is 11.7 Å². The molecule has 0 fully saturated rings.